The molecule has 0 spiro atoms. The summed E-state index contributed by atoms with van der Waals surface area (Å²) in [6.45, 7) is 6.08. The van der Waals surface area contributed by atoms with Crippen LogP contribution in [0, 0.1) is 0 Å². The summed E-state index contributed by atoms with van der Waals surface area (Å²) in [6, 6.07) is 0. The first kappa shape index (κ1) is 13.5. The maximum absolute atomic E-state index is 11.1. The fourth-order valence-corrected chi connectivity index (χ4v) is 1.36. The summed E-state index contributed by atoms with van der Waals surface area (Å²) in [5.74, 6) is -0.304. The van der Waals surface area contributed by atoms with Crippen LogP contribution in [0.25, 0.3) is 0 Å². The molecule has 0 aromatic carbocycles. The molecule has 1 unspecified atom stereocenters. The van der Waals surface area contributed by atoms with E-state index in [2.05, 4.69) is 0 Å². The predicted octanol–water partition coefficient (Wildman–Crippen LogP) is 2.91. The second-order valence-corrected chi connectivity index (χ2v) is 3.65. The standard InChI is InChI=1S/C14H18O3/c1-4-7-12(5-2)8-6-9-16-13-10-11(3)14(15)17-13/h4-8,10,13H,9H2,1-3H3/b7-4-,8-6+,12-5+. The minimum absolute atomic E-state index is 0.304. The number of rotatable bonds is 5. The summed E-state index contributed by atoms with van der Waals surface area (Å²) in [5, 5.41) is 0. The van der Waals surface area contributed by atoms with Crippen LogP contribution in [-0.4, -0.2) is 18.9 Å². The van der Waals surface area contributed by atoms with E-state index in [0.29, 0.717) is 12.2 Å². The smallest absolute Gasteiger partial charge is 0.336 e. The second kappa shape index (κ2) is 6.86. The molecule has 1 aliphatic rings. The van der Waals surface area contributed by atoms with Crippen LogP contribution in [0.3, 0.4) is 0 Å². The molecule has 0 saturated carbocycles. The molecule has 1 heterocycles. The van der Waals surface area contributed by atoms with Gasteiger partial charge in [0.2, 0.25) is 6.29 Å². The molecule has 0 radical (unpaired) electrons. The van der Waals surface area contributed by atoms with Crippen LogP contribution < -0.4 is 0 Å². The van der Waals surface area contributed by atoms with Crippen LogP contribution in [0.2, 0.25) is 0 Å². The first-order valence-corrected chi connectivity index (χ1v) is 5.64. The molecule has 0 aromatic rings. The molecule has 0 bridgehead atoms. The molecule has 3 heteroatoms. The molecule has 0 saturated heterocycles. The zero-order valence-corrected chi connectivity index (χ0v) is 10.5. The molecule has 3 nitrogen and oxygen atoms in total. The molecule has 1 rings (SSSR count). The molecule has 17 heavy (non-hydrogen) atoms. The number of carbonyl (C=O) groups excluding carboxylic acids is 1. The van der Waals surface area contributed by atoms with Crippen molar-refractivity contribution >= 4 is 5.97 Å². The van der Waals surface area contributed by atoms with Crippen molar-refractivity contribution in [3.8, 4) is 0 Å². The summed E-state index contributed by atoms with van der Waals surface area (Å²) in [5.41, 5.74) is 1.72. The zero-order chi connectivity index (χ0) is 12.7. The summed E-state index contributed by atoms with van der Waals surface area (Å²) in [6.07, 6.45) is 11.0. The first-order chi connectivity index (χ1) is 8.17. The van der Waals surface area contributed by atoms with Crippen molar-refractivity contribution in [3.63, 3.8) is 0 Å². The van der Waals surface area contributed by atoms with Gasteiger partial charge in [-0.15, -0.1) is 0 Å². The Hall–Kier alpha value is -1.61. The largest absolute Gasteiger partial charge is 0.429 e. The third-order valence-electron chi connectivity index (χ3n) is 2.29. The van der Waals surface area contributed by atoms with Crippen molar-refractivity contribution in [3.05, 3.63) is 47.6 Å². The highest BCUT2D eigenvalue weighted by Gasteiger charge is 2.21. The summed E-state index contributed by atoms with van der Waals surface area (Å²) in [7, 11) is 0. The highest BCUT2D eigenvalue weighted by molar-refractivity contribution is 5.89. The predicted molar refractivity (Wildman–Crippen MR) is 67.3 cm³/mol. The lowest BCUT2D eigenvalue weighted by Crippen LogP contribution is -2.12. The van der Waals surface area contributed by atoms with E-state index in [9.17, 15) is 4.79 Å². The number of hydrogen-bond donors (Lipinski definition) is 0. The Bertz CT molecular complexity index is 386. The van der Waals surface area contributed by atoms with Crippen LogP contribution in [0.1, 0.15) is 20.8 Å². The normalized spacial score (nSPS) is 21.4. The van der Waals surface area contributed by atoms with Gasteiger partial charge in [-0.2, -0.15) is 0 Å². The van der Waals surface area contributed by atoms with Crippen LogP contribution in [0.15, 0.2) is 47.6 Å². The molecule has 92 valence electrons. The Labute approximate surface area is 102 Å². The molecule has 0 amide bonds. The van der Waals surface area contributed by atoms with Crippen molar-refractivity contribution in [2.75, 3.05) is 6.61 Å². The topological polar surface area (TPSA) is 35.5 Å². The van der Waals surface area contributed by atoms with Gasteiger partial charge in [0.1, 0.15) is 0 Å². The van der Waals surface area contributed by atoms with Gasteiger partial charge < -0.3 is 9.47 Å². The molecule has 1 atom stereocenters. The number of cyclic esters (lactones) is 1. The molecule has 0 aliphatic carbocycles. The van der Waals surface area contributed by atoms with Crippen molar-refractivity contribution in [2.45, 2.75) is 27.1 Å². The van der Waals surface area contributed by atoms with Crippen LogP contribution in [-0.2, 0) is 14.3 Å². The fraction of sp³-hybridized carbons (Fsp3) is 0.357. The highest BCUT2D eigenvalue weighted by Crippen LogP contribution is 2.13. The van der Waals surface area contributed by atoms with E-state index in [4.69, 9.17) is 9.47 Å². The lowest BCUT2D eigenvalue weighted by Gasteiger charge is -2.06. The van der Waals surface area contributed by atoms with Crippen LogP contribution in [0.4, 0.5) is 0 Å². The lowest BCUT2D eigenvalue weighted by atomic mass is 10.2. The first-order valence-electron chi connectivity index (χ1n) is 5.64. The second-order valence-electron chi connectivity index (χ2n) is 3.65. The van der Waals surface area contributed by atoms with E-state index in [0.717, 1.165) is 5.57 Å². The summed E-state index contributed by atoms with van der Waals surface area (Å²) >= 11 is 0. The number of allylic oxidation sites excluding steroid dienone is 5. The number of carbonyl (C=O) groups is 1. The molecular weight excluding hydrogens is 216 g/mol. The van der Waals surface area contributed by atoms with Gasteiger partial charge in [0.05, 0.1) is 6.61 Å². The average Bonchev–Trinajstić information content (AvgIpc) is 2.63. The van der Waals surface area contributed by atoms with Gasteiger partial charge in [0.25, 0.3) is 0 Å². The Balaban J connectivity index is 2.34. The van der Waals surface area contributed by atoms with Gasteiger partial charge in [0, 0.05) is 5.57 Å². The summed E-state index contributed by atoms with van der Waals surface area (Å²) in [4.78, 5) is 11.1. The lowest BCUT2D eigenvalue weighted by molar-refractivity contribution is -0.157. The van der Waals surface area contributed by atoms with Gasteiger partial charge in [-0.1, -0.05) is 30.4 Å². The van der Waals surface area contributed by atoms with Gasteiger partial charge in [-0.3, -0.25) is 0 Å². The van der Waals surface area contributed by atoms with Gasteiger partial charge in [0.15, 0.2) is 0 Å². The van der Waals surface area contributed by atoms with Crippen LogP contribution in [0.5, 0.6) is 0 Å². The van der Waals surface area contributed by atoms with Crippen molar-refractivity contribution in [1.29, 1.82) is 0 Å². The van der Waals surface area contributed by atoms with E-state index in [1.54, 1.807) is 13.0 Å². The minimum Gasteiger partial charge on any atom is -0.429 e. The maximum atomic E-state index is 11.1. The van der Waals surface area contributed by atoms with Gasteiger partial charge >= 0.3 is 5.97 Å². The van der Waals surface area contributed by atoms with Crippen molar-refractivity contribution in [1.82, 2.24) is 0 Å². The molecule has 1 aliphatic heterocycles. The van der Waals surface area contributed by atoms with Gasteiger partial charge in [-0.25, -0.2) is 4.79 Å². The molecule has 0 N–H and O–H groups in total. The Kier molecular flexibility index (Phi) is 5.43. The van der Waals surface area contributed by atoms with Gasteiger partial charge in [-0.05, 0) is 32.4 Å². The Morgan fingerprint density at radius 2 is 2.24 bits per heavy atom. The fourth-order valence-electron chi connectivity index (χ4n) is 1.36. The SMILES string of the molecule is C\C=C/C(/C=C/COC1C=C(C)C(=O)O1)=C\C. The third-order valence-corrected chi connectivity index (χ3v) is 2.29. The number of esters is 1. The third kappa shape index (κ3) is 4.41. The van der Waals surface area contributed by atoms with Crippen LogP contribution >= 0.6 is 0 Å². The summed E-state index contributed by atoms with van der Waals surface area (Å²) < 4.78 is 10.3. The quantitative estimate of drug-likeness (QED) is 0.542. The highest BCUT2D eigenvalue weighted by atomic mass is 16.7. The van der Waals surface area contributed by atoms with Crippen molar-refractivity contribution < 1.29 is 14.3 Å². The van der Waals surface area contributed by atoms with E-state index >= 15 is 0 Å². The minimum atomic E-state index is -0.539. The van der Waals surface area contributed by atoms with E-state index in [1.165, 1.54) is 0 Å². The van der Waals surface area contributed by atoms with E-state index in [1.807, 2.05) is 44.2 Å². The number of hydrogen-bond acceptors (Lipinski definition) is 3. The monoisotopic (exact) mass is 234 g/mol. The molecule has 0 fully saturated rings. The van der Waals surface area contributed by atoms with E-state index < -0.39 is 6.29 Å². The Morgan fingerprint density at radius 1 is 1.47 bits per heavy atom. The Morgan fingerprint density at radius 3 is 2.76 bits per heavy atom. The molecular formula is C14H18O3. The zero-order valence-electron chi connectivity index (χ0n) is 10.5. The van der Waals surface area contributed by atoms with E-state index in [-0.39, 0.29) is 5.97 Å². The maximum Gasteiger partial charge on any atom is 0.336 e. The number of ether oxygens (including phenoxy) is 2. The average molecular weight is 234 g/mol. The molecule has 0 aromatic heterocycles. The van der Waals surface area contributed by atoms with Crippen molar-refractivity contribution in [2.24, 2.45) is 0 Å².